The maximum absolute atomic E-state index is 15.0. The molecule has 1 atom stereocenters. The average molecular weight is 566 g/mol. The monoisotopic (exact) mass is 565 g/mol. The summed E-state index contributed by atoms with van der Waals surface area (Å²) in [6.07, 6.45) is 4.77. The number of benzene rings is 2. The molecule has 10 nitrogen and oxygen atoms in total. The predicted octanol–water partition coefficient (Wildman–Crippen LogP) is 3.63. The number of aryl methyl sites for hydroxylation is 1. The van der Waals surface area contributed by atoms with Crippen LogP contribution in [0.15, 0.2) is 53.5 Å². The van der Waals surface area contributed by atoms with Gasteiger partial charge in [-0.25, -0.2) is 9.18 Å². The van der Waals surface area contributed by atoms with Gasteiger partial charge in [0.1, 0.15) is 11.5 Å². The molecule has 0 fully saturated rings. The number of aromatic nitrogens is 3. The van der Waals surface area contributed by atoms with Gasteiger partial charge in [-0.1, -0.05) is 11.6 Å². The van der Waals surface area contributed by atoms with Crippen LogP contribution in [0.3, 0.4) is 0 Å². The van der Waals surface area contributed by atoms with Crippen molar-refractivity contribution in [2.75, 3.05) is 13.1 Å². The zero-order valence-corrected chi connectivity index (χ0v) is 22.9. The maximum Gasteiger partial charge on any atom is 0.354 e. The van der Waals surface area contributed by atoms with E-state index in [2.05, 4.69) is 20.6 Å². The van der Waals surface area contributed by atoms with E-state index in [9.17, 15) is 4.79 Å². The molecule has 2 aromatic carbocycles. The second kappa shape index (κ2) is 12.8. The number of hydrogen-bond donors (Lipinski definition) is 7. The van der Waals surface area contributed by atoms with Crippen molar-refractivity contribution in [2.45, 2.75) is 38.6 Å². The van der Waals surface area contributed by atoms with E-state index in [1.807, 2.05) is 6.92 Å². The molecular weight excluding hydrogens is 533 g/mol. The molecule has 0 aliphatic carbocycles. The average Bonchev–Trinajstić information content (AvgIpc) is 3.32. The molecule has 4 rings (SSSR count). The molecule has 40 heavy (non-hydrogen) atoms. The Morgan fingerprint density at radius 2 is 1.88 bits per heavy atom. The van der Waals surface area contributed by atoms with Crippen LogP contribution in [0, 0.1) is 16.6 Å². The van der Waals surface area contributed by atoms with E-state index < -0.39 is 11.5 Å². The van der Waals surface area contributed by atoms with E-state index >= 15 is 4.39 Å². The van der Waals surface area contributed by atoms with Crippen LogP contribution in [0.4, 0.5) is 4.39 Å². The van der Waals surface area contributed by atoms with Gasteiger partial charge < -0.3 is 27.1 Å². The van der Waals surface area contributed by atoms with Gasteiger partial charge in [-0.05, 0) is 80.6 Å². The lowest BCUT2D eigenvalue weighted by Crippen LogP contribution is -2.33. The number of nitrogens with zero attached hydrogens (tertiary/aromatic N) is 2. The van der Waals surface area contributed by atoms with Crippen molar-refractivity contribution in [3.63, 3.8) is 0 Å². The largest absolute Gasteiger partial charge is 0.370 e. The van der Waals surface area contributed by atoms with Gasteiger partial charge in [0.15, 0.2) is 11.8 Å². The van der Waals surface area contributed by atoms with Crippen LogP contribution >= 0.6 is 11.6 Å². The number of nitrogens with one attached hydrogen (secondary N) is 5. The highest BCUT2D eigenvalue weighted by Crippen LogP contribution is 2.31. The van der Waals surface area contributed by atoms with Crippen LogP contribution in [-0.4, -0.2) is 45.5 Å². The zero-order chi connectivity index (χ0) is 28.8. The molecule has 0 unspecified atom stereocenters. The molecule has 0 saturated carbocycles. The molecule has 12 heteroatoms. The Kier molecular flexibility index (Phi) is 9.18. The summed E-state index contributed by atoms with van der Waals surface area (Å²) in [6.45, 7) is 3.03. The normalized spacial score (nSPS) is 11.9. The first-order valence-corrected chi connectivity index (χ1v) is 13.4. The van der Waals surface area contributed by atoms with E-state index in [4.69, 9.17) is 33.9 Å². The first-order valence-electron chi connectivity index (χ1n) is 13.0. The zero-order valence-electron chi connectivity index (χ0n) is 22.2. The Morgan fingerprint density at radius 1 is 1.15 bits per heavy atom. The standard InChI is InChI=1S/C28H33ClFN9O/c1-16(31)4-2-5-17-12-21(24(30)22(29)13-17)23-14-19-15-39(28(40)38-26(19)37-23)20-8-6-18(7-9-20)25(32)35-10-3-11-36-27(33)34/h6-9,12-16H,2-5,10-11,31H2,1H3,(H2,32,35)(H4,33,34,36)(H,37,38,40)/t16-/m0/s1. The summed E-state index contributed by atoms with van der Waals surface area (Å²) in [7, 11) is 0. The quantitative estimate of drug-likeness (QED) is 0.0830. The fraction of sp³-hybridized carbons (Fsp3) is 0.286. The van der Waals surface area contributed by atoms with Crippen molar-refractivity contribution >= 4 is 34.4 Å². The number of nitrogens with two attached hydrogens (primary N) is 2. The summed E-state index contributed by atoms with van der Waals surface area (Å²) in [5.74, 6) is -0.383. The van der Waals surface area contributed by atoms with E-state index in [0.717, 1.165) is 24.8 Å². The lowest BCUT2D eigenvalue weighted by Gasteiger charge is -2.10. The minimum Gasteiger partial charge on any atom is -0.370 e. The molecule has 0 saturated heterocycles. The van der Waals surface area contributed by atoms with Gasteiger partial charge in [0.25, 0.3) is 0 Å². The van der Waals surface area contributed by atoms with Gasteiger partial charge in [-0.15, -0.1) is 0 Å². The second-order valence-corrected chi connectivity index (χ2v) is 10.1. The fourth-order valence-electron chi connectivity index (χ4n) is 4.35. The molecule has 2 heterocycles. The van der Waals surface area contributed by atoms with Crippen LogP contribution < -0.4 is 27.8 Å². The molecule has 0 radical (unpaired) electrons. The maximum atomic E-state index is 15.0. The molecule has 0 bridgehead atoms. The van der Waals surface area contributed by atoms with Gasteiger partial charge in [0, 0.05) is 41.8 Å². The molecule has 0 aliphatic heterocycles. The number of guanidine groups is 1. The van der Waals surface area contributed by atoms with Crippen LogP contribution in [0.2, 0.25) is 5.02 Å². The van der Waals surface area contributed by atoms with Crippen LogP contribution in [0.25, 0.3) is 28.0 Å². The Morgan fingerprint density at radius 3 is 2.58 bits per heavy atom. The predicted molar refractivity (Wildman–Crippen MR) is 158 cm³/mol. The summed E-state index contributed by atoms with van der Waals surface area (Å²) in [6, 6.07) is 12.2. The fourth-order valence-corrected chi connectivity index (χ4v) is 4.60. The summed E-state index contributed by atoms with van der Waals surface area (Å²) in [5, 5.41) is 21.8. The smallest absolute Gasteiger partial charge is 0.354 e. The summed E-state index contributed by atoms with van der Waals surface area (Å²) in [4.78, 5) is 20.1. The number of rotatable bonds is 11. The Bertz CT molecular complexity index is 1580. The highest BCUT2D eigenvalue weighted by molar-refractivity contribution is 6.31. The van der Waals surface area contributed by atoms with Gasteiger partial charge in [-0.3, -0.25) is 15.4 Å². The van der Waals surface area contributed by atoms with E-state index in [-0.39, 0.29) is 22.9 Å². The van der Waals surface area contributed by atoms with Crippen LogP contribution in [-0.2, 0) is 6.42 Å². The van der Waals surface area contributed by atoms with Crippen molar-refractivity contribution < 1.29 is 4.39 Å². The third kappa shape index (κ3) is 7.04. The molecular formula is C28H33ClFN9O. The summed E-state index contributed by atoms with van der Waals surface area (Å²) < 4.78 is 16.4. The van der Waals surface area contributed by atoms with Crippen molar-refractivity contribution in [1.29, 1.82) is 10.8 Å². The van der Waals surface area contributed by atoms with E-state index in [1.54, 1.807) is 48.7 Å². The van der Waals surface area contributed by atoms with Crippen molar-refractivity contribution in [1.82, 2.24) is 25.2 Å². The van der Waals surface area contributed by atoms with Crippen LogP contribution in [0.5, 0.6) is 0 Å². The Labute approximate surface area is 236 Å². The highest BCUT2D eigenvalue weighted by Gasteiger charge is 2.16. The number of H-pyrrole nitrogens is 1. The van der Waals surface area contributed by atoms with Gasteiger partial charge in [0.05, 0.1) is 16.4 Å². The van der Waals surface area contributed by atoms with Gasteiger partial charge >= 0.3 is 5.69 Å². The molecule has 0 aliphatic rings. The van der Waals surface area contributed by atoms with Crippen LogP contribution in [0.1, 0.15) is 37.3 Å². The van der Waals surface area contributed by atoms with E-state index in [1.165, 1.54) is 4.57 Å². The third-order valence-electron chi connectivity index (χ3n) is 6.42. The molecule has 210 valence electrons. The molecule has 9 N–H and O–H groups in total. The van der Waals surface area contributed by atoms with Crippen molar-refractivity contribution in [3.8, 4) is 16.9 Å². The number of amidine groups is 1. The minimum atomic E-state index is -0.541. The number of halogens is 2. The van der Waals surface area contributed by atoms with Crippen molar-refractivity contribution in [2.24, 2.45) is 11.5 Å². The molecule has 2 aromatic heterocycles. The third-order valence-corrected chi connectivity index (χ3v) is 6.69. The Balaban J connectivity index is 1.53. The topological polar surface area (TPSA) is 174 Å². The summed E-state index contributed by atoms with van der Waals surface area (Å²) in [5.41, 5.74) is 13.9. The number of aromatic amines is 1. The lowest BCUT2D eigenvalue weighted by atomic mass is 10.0. The molecule has 0 spiro atoms. The highest BCUT2D eigenvalue weighted by atomic mass is 35.5. The number of fused-ring (bicyclic) bond motifs is 1. The Hall–Kier alpha value is -4.22. The SMILES string of the molecule is C[C@H](N)CCCc1cc(Cl)c(F)c(-c2cc3cn(-c4ccc(C(=N)NCCCNC(=N)N)cc4)c(=O)nc3[nH]2)c1. The summed E-state index contributed by atoms with van der Waals surface area (Å²) >= 11 is 6.21. The van der Waals surface area contributed by atoms with Crippen molar-refractivity contribution in [3.05, 3.63) is 81.1 Å². The van der Waals surface area contributed by atoms with Gasteiger partial charge in [-0.2, -0.15) is 4.98 Å². The lowest BCUT2D eigenvalue weighted by molar-refractivity contribution is 0.618. The molecule has 0 amide bonds. The van der Waals surface area contributed by atoms with Gasteiger partial charge in [0.2, 0.25) is 0 Å². The first-order chi connectivity index (χ1) is 19.1. The number of hydrogen-bond acceptors (Lipinski definition) is 5. The van der Waals surface area contributed by atoms with E-state index in [0.29, 0.717) is 53.1 Å². The first kappa shape index (κ1) is 28.8. The molecule has 4 aromatic rings. The second-order valence-electron chi connectivity index (χ2n) is 9.73. The minimum absolute atomic E-state index is 0.0346.